The first kappa shape index (κ1) is 17.9. The number of nitrogens with one attached hydrogen (secondary N) is 2. The van der Waals surface area contributed by atoms with Gasteiger partial charge in [-0.05, 0) is 39.7 Å². The van der Waals surface area contributed by atoms with Crippen molar-refractivity contribution in [3.05, 3.63) is 23.8 Å². The molecule has 0 atom stereocenters. The molecular formula is C17H24N2O5. The van der Waals surface area contributed by atoms with Crippen LogP contribution in [-0.2, 0) is 16.1 Å². The highest BCUT2D eigenvalue weighted by Crippen LogP contribution is 2.45. The van der Waals surface area contributed by atoms with E-state index in [0.29, 0.717) is 18.4 Å². The molecule has 1 aliphatic carbocycles. The number of hydrogen-bond acceptors (Lipinski definition) is 5. The van der Waals surface area contributed by atoms with Crippen LogP contribution in [0.1, 0.15) is 39.2 Å². The summed E-state index contributed by atoms with van der Waals surface area (Å²) in [6.07, 6.45) is 0.814. The third-order valence-corrected chi connectivity index (χ3v) is 3.84. The minimum Gasteiger partial charge on any atom is -0.504 e. The van der Waals surface area contributed by atoms with E-state index in [1.54, 1.807) is 32.9 Å². The number of rotatable bonds is 5. The number of para-hydroxylation sites is 1. The monoisotopic (exact) mass is 336 g/mol. The number of phenolic OH excluding ortho intramolecular Hbond substituents is 2. The van der Waals surface area contributed by atoms with Gasteiger partial charge in [0.25, 0.3) is 0 Å². The third kappa shape index (κ3) is 4.53. The zero-order valence-electron chi connectivity index (χ0n) is 14.2. The van der Waals surface area contributed by atoms with Crippen molar-refractivity contribution in [1.82, 2.24) is 10.6 Å². The summed E-state index contributed by atoms with van der Waals surface area (Å²) in [5.74, 6) is -0.662. The van der Waals surface area contributed by atoms with Crippen molar-refractivity contribution in [2.24, 2.45) is 5.41 Å². The largest absolute Gasteiger partial charge is 0.504 e. The molecule has 0 aliphatic heterocycles. The summed E-state index contributed by atoms with van der Waals surface area (Å²) in [7, 11) is 0. The molecule has 0 aromatic heterocycles. The van der Waals surface area contributed by atoms with Crippen LogP contribution in [0, 0.1) is 5.41 Å². The fourth-order valence-electron chi connectivity index (χ4n) is 2.27. The van der Waals surface area contributed by atoms with Crippen molar-refractivity contribution >= 4 is 12.0 Å². The summed E-state index contributed by atoms with van der Waals surface area (Å²) in [6.45, 7) is 5.63. The molecule has 0 heterocycles. The zero-order valence-corrected chi connectivity index (χ0v) is 14.2. The van der Waals surface area contributed by atoms with Crippen molar-refractivity contribution < 1.29 is 24.5 Å². The normalized spacial score (nSPS) is 15.5. The van der Waals surface area contributed by atoms with Crippen LogP contribution in [0.5, 0.6) is 11.5 Å². The number of ether oxygens (including phenoxy) is 1. The van der Waals surface area contributed by atoms with Gasteiger partial charge in [0.15, 0.2) is 11.5 Å². The van der Waals surface area contributed by atoms with E-state index < -0.39 is 17.1 Å². The highest BCUT2D eigenvalue weighted by Gasteiger charge is 2.50. The van der Waals surface area contributed by atoms with E-state index in [1.807, 2.05) is 0 Å². The molecule has 2 rings (SSSR count). The molecule has 4 N–H and O–H groups in total. The number of phenols is 2. The maximum absolute atomic E-state index is 12.3. The Morgan fingerprint density at radius 1 is 1.21 bits per heavy atom. The first-order valence-electron chi connectivity index (χ1n) is 7.88. The molecule has 1 aromatic carbocycles. The summed E-state index contributed by atoms with van der Waals surface area (Å²) in [5, 5.41) is 24.6. The molecule has 7 heteroatoms. The third-order valence-electron chi connectivity index (χ3n) is 3.84. The molecule has 132 valence electrons. The molecule has 0 saturated heterocycles. The van der Waals surface area contributed by atoms with Crippen LogP contribution in [0.25, 0.3) is 0 Å². The predicted molar refractivity (Wildman–Crippen MR) is 87.5 cm³/mol. The minimum atomic E-state index is -0.622. The summed E-state index contributed by atoms with van der Waals surface area (Å²) in [6, 6.07) is 4.58. The quantitative estimate of drug-likeness (QED) is 0.615. The molecule has 24 heavy (non-hydrogen) atoms. The number of alkyl carbamates (subject to hydrolysis) is 1. The van der Waals surface area contributed by atoms with Crippen molar-refractivity contribution in [2.75, 3.05) is 6.54 Å². The van der Waals surface area contributed by atoms with Crippen LogP contribution in [0.15, 0.2) is 18.2 Å². The van der Waals surface area contributed by atoms with E-state index in [0.717, 1.165) is 0 Å². The van der Waals surface area contributed by atoms with E-state index in [4.69, 9.17) is 4.74 Å². The Labute approximate surface area is 141 Å². The van der Waals surface area contributed by atoms with Gasteiger partial charge >= 0.3 is 6.09 Å². The lowest BCUT2D eigenvalue weighted by Crippen LogP contribution is -2.41. The van der Waals surface area contributed by atoms with Gasteiger partial charge in [-0.3, -0.25) is 4.79 Å². The molecule has 0 unspecified atom stereocenters. The molecule has 2 amide bonds. The highest BCUT2D eigenvalue weighted by atomic mass is 16.6. The Balaban J connectivity index is 1.85. The molecule has 1 fully saturated rings. The lowest BCUT2D eigenvalue weighted by atomic mass is 10.1. The first-order chi connectivity index (χ1) is 11.1. The van der Waals surface area contributed by atoms with Gasteiger partial charge in [-0.25, -0.2) is 4.79 Å². The number of benzene rings is 1. The second kappa shape index (κ2) is 6.59. The molecule has 7 nitrogen and oxygen atoms in total. The maximum Gasteiger partial charge on any atom is 0.407 e. The molecule has 0 bridgehead atoms. The Hall–Kier alpha value is -2.44. The Morgan fingerprint density at radius 3 is 2.46 bits per heavy atom. The first-order valence-corrected chi connectivity index (χ1v) is 7.88. The van der Waals surface area contributed by atoms with Gasteiger partial charge in [0.2, 0.25) is 5.91 Å². The fraction of sp³-hybridized carbons (Fsp3) is 0.529. The van der Waals surface area contributed by atoms with Crippen LogP contribution >= 0.6 is 0 Å². The van der Waals surface area contributed by atoms with E-state index in [9.17, 15) is 19.8 Å². The maximum atomic E-state index is 12.3. The SMILES string of the molecule is CC(C)(C)OC(=O)NCC1(C(=O)NCc2cccc(O)c2O)CC1. The Bertz CT molecular complexity index is 632. The number of aromatic hydroxyl groups is 2. The summed E-state index contributed by atoms with van der Waals surface area (Å²) < 4.78 is 5.16. The zero-order chi connectivity index (χ0) is 18.0. The summed E-state index contributed by atoms with van der Waals surface area (Å²) in [4.78, 5) is 24.0. The summed E-state index contributed by atoms with van der Waals surface area (Å²) in [5.41, 5.74) is -0.779. The van der Waals surface area contributed by atoms with Crippen molar-refractivity contribution in [3.8, 4) is 11.5 Å². The van der Waals surface area contributed by atoms with Crippen LogP contribution in [0.4, 0.5) is 4.79 Å². The van der Waals surface area contributed by atoms with E-state index >= 15 is 0 Å². The van der Waals surface area contributed by atoms with Gasteiger partial charge in [-0.1, -0.05) is 12.1 Å². The van der Waals surface area contributed by atoms with Crippen LogP contribution in [0.3, 0.4) is 0 Å². The van der Waals surface area contributed by atoms with Crippen LogP contribution < -0.4 is 10.6 Å². The van der Waals surface area contributed by atoms with E-state index in [1.165, 1.54) is 6.07 Å². The smallest absolute Gasteiger partial charge is 0.407 e. The van der Waals surface area contributed by atoms with Gasteiger partial charge in [0, 0.05) is 18.7 Å². The molecule has 0 radical (unpaired) electrons. The van der Waals surface area contributed by atoms with Gasteiger partial charge in [0.1, 0.15) is 5.60 Å². The number of hydrogen-bond donors (Lipinski definition) is 4. The van der Waals surface area contributed by atoms with Crippen LogP contribution in [0.2, 0.25) is 0 Å². The van der Waals surface area contributed by atoms with Gasteiger partial charge in [-0.15, -0.1) is 0 Å². The minimum absolute atomic E-state index is 0.104. The van der Waals surface area contributed by atoms with Gasteiger partial charge in [-0.2, -0.15) is 0 Å². The number of carbonyl (C=O) groups is 2. The van der Waals surface area contributed by atoms with E-state index in [-0.39, 0.29) is 30.5 Å². The number of amides is 2. The number of carbonyl (C=O) groups excluding carboxylic acids is 2. The lowest BCUT2D eigenvalue weighted by Gasteiger charge is -2.21. The second-order valence-corrected chi connectivity index (χ2v) is 7.10. The Kier molecular flexibility index (Phi) is 4.91. The molecular weight excluding hydrogens is 312 g/mol. The topological polar surface area (TPSA) is 108 Å². The van der Waals surface area contributed by atoms with Crippen molar-refractivity contribution in [3.63, 3.8) is 0 Å². The molecule has 1 aliphatic rings. The van der Waals surface area contributed by atoms with Gasteiger partial charge in [0.05, 0.1) is 5.41 Å². The molecule has 0 spiro atoms. The second-order valence-electron chi connectivity index (χ2n) is 7.10. The van der Waals surface area contributed by atoms with Crippen LogP contribution in [-0.4, -0.2) is 34.4 Å². The predicted octanol–water partition coefficient (Wildman–Crippen LogP) is 2.02. The Morgan fingerprint density at radius 2 is 1.88 bits per heavy atom. The molecule has 1 aromatic rings. The highest BCUT2D eigenvalue weighted by molar-refractivity contribution is 5.86. The van der Waals surface area contributed by atoms with E-state index in [2.05, 4.69) is 10.6 Å². The lowest BCUT2D eigenvalue weighted by molar-refractivity contribution is -0.126. The standard InChI is InChI=1S/C17H24N2O5/c1-16(2,3)24-15(23)19-10-17(7-8-17)14(22)18-9-11-5-4-6-12(20)13(11)21/h4-6,20-21H,7-10H2,1-3H3,(H,18,22)(H,19,23). The average molecular weight is 336 g/mol. The van der Waals surface area contributed by atoms with Gasteiger partial charge < -0.3 is 25.6 Å². The van der Waals surface area contributed by atoms with Crippen molar-refractivity contribution in [2.45, 2.75) is 45.8 Å². The summed E-state index contributed by atoms with van der Waals surface area (Å²) >= 11 is 0. The van der Waals surface area contributed by atoms with Crippen molar-refractivity contribution in [1.29, 1.82) is 0 Å². The average Bonchev–Trinajstić information content (AvgIpc) is 3.26. The molecule has 1 saturated carbocycles. The fourth-order valence-corrected chi connectivity index (χ4v) is 2.27.